The lowest BCUT2D eigenvalue weighted by Crippen LogP contribution is -2.48. The summed E-state index contributed by atoms with van der Waals surface area (Å²) in [4.78, 5) is 4.27. The van der Waals surface area contributed by atoms with Crippen LogP contribution in [0.5, 0.6) is 0 Å². The van der Waals surface area contributed by atoms with Crippen molar-refractivity contribution in [1.29, 1.82) is 0 Å². The largest absolute Gasteiger partial charge is 0.381 e. The first-order valence-corrected chi connectivity index (χ1v) is 7.60. The average molecular weight is 257 g/mol. The second-order valence-electron chi connectivity index (χ2n) is 4.84. The van der Waals surface area contributed by atoms with Crippen molar-refractivity contribution < 1.29 is 4.74 Å². The number of hydrogen-bond donors (Lipinski definition) is 2. The first-order valence-electron chi connectivity index (χ1n) is 6.38. The fourth-order valence-corrected chi connectivity index (χ4v) is 2.85. The first kappa shape index (κ1) is 13.0. The van der Waals surface area contributed by atoms with E-state index >= 15 is 0 Å². The maximum atomic E-state index is 5.45. The Kier molecular flexibility index (Phi) is 4.56. The lowest BCUT2D eigenvalue weighted by atomic mass is 9.99. The Morgan fingerprint density at radius 3 is 2.65 bits per heavy atom. The predicted molar refractivity (Wildman–Crippen MR) is 73.8 cm³/mol. The van der Waals surface area contributed by atoms with Gasteiger partial charge in [0.15, 0.2) is 5.96 Å². The molecule has 0 unspecified atom stereocenters. The van der Waals surface area contributed by atoms with Crippen LogP contribution in [0.15, 0.2) is 4.99 Å². The van der Waals surface area contributed by atoms with E-state index in [0.717, 1.165) is 38.6 Å². The maximum absolute atomic E-state index is 5.45. The number of rotatable bonds is 4. The smallest absolute Gasteiger partial charge is 0.191 e. The van der Waals surface area contributed by atoms with E-state index in [1.807, 2.05) is 18.8 Å². The van der Waals surface area contributed by atoms with Crippen LogP contribution in [-0.4, -0.2) is 49.8 Å². The first-order chi connectivity index (χ1) is 8.28. The van der Waals surface area contributed by atoms with Crippen LogP contribution >= 0.6 is 11.8 Å². The summed E-state index contributed by atoms with van der Waals surface area (Å²) in [5, 5.41) is 6.88. The molecule has 17 heavy (non-hydrogen) atoms. The van der Waals surface area contributed by atoms with E-state index in [4.69, 9.17) is 4.74 Å². The summed E-state index contributed by atoms with van der Waals surface area (Å²) in [5.74, 6) is 0.951. The van der Waals surface area contributed by atoms with Crippen LogP contribution in [0, 0.1) is 0 Å². The standard InChI is InChI=1S/C12H23N3OS/c1-13-11(15-10-3-4-10)14-9-12(17-2)5-7-16-8-6-12/h10H,3-9H2,1-2H3,(H2,13,14,15). The summed E-state index contributed by atoms with van der Waals surface area (Å²) < 4.78 is 5.77. The van der Waals surface area contributed by atoms with E-state index in [2.05, 4.69) is 21.9 Å². The van der Waals surface area contributed by atoms with Crippen LogP contribution < -0.4 is 10.6 Å². The van der Waals surface area contributed by atoms with Gasteiger partial charge in [-0.2, -0.15) is 11.8 Å². The van der Waals surface area contributed by atoms with Crippen molar-refractivity contribution in [3.63, 3.8) is 0 Å². The van der Waals surface area contributed by atoms with Crippen molar-refractivity contribution in [2.75, 3.05) is 33.1 Å². The fraction of sp³-hybridized carbons (Fsp3) is 0.917. The minimum Gasteiger partial charge on any atom is -0.381 e. The number of nitrogens with one attached hydrogen (secondary N) is 2. The summed E-state index contributed by atoms with van der Waals surface area (Å²) in [6.07, 6.45) is 7.01. The molecule has 0 bridgehead atoms. The summed E-state index contributed by atoms with van der Waals surface area (Å²) in [5.41, 5.74) is 0. The molecule has 2 fully saturated rings. The van der Waals surface area contributed by atoms with Crippen molar-refractivity contribution in [2.24, 2.45) is 4.99 Å². The molecule has 98 valence electrons. The number of ether oxygens (including phenoxy) is 1. The van der Waals surface area contributed by atoms with E-state index in [1.165, 1.54) is 12.8 Å². The van der Waals surface area contributed by atoms with Gasteiger partial charge in [0.1, 0.15) is 0 Å². The van der Waals surface area contributed by atoms with Crippen molar-refractivity contribution in [3.8, 4) is 0 Å². The minimum atomic E-state index is 0.319. The quantitative estimate of drug-likeness (QED) is 0.587. The molecule has 0 aromatic rings. The number of aliphatic imine (C=N–C) groups is 1. The third kappa shape index (κ3) is 3.78. The van der Waals surface area contributed by atoms with Gasteiger partial charge in [-0.25, -0.2) is 0 Å². The minimum absolute atomic E-state index is 0.319. The van der Waals surface area contributed by atoms with Crippen molar-refractivity contribution >= 4 is 17.7 Å². The van der Waals surface area contributed by atoms with E-state index in [-0.39, 0.29) is 0 Å². The Balaban J connectivity index is 1.80. The predicted octanol–water partition coefficient (Wildman–Crippen LogP) is 1.23. The summed E-state index contributed by atoms with van der Waals surface area (Å²) in [6.45, 7) is 2.75. The molecule has 0 radical (unpaired) electrons. The molecule has 4 nitrogen and oxygen atoms in total. The van der Waals surface area contributed by atoms with Gasteiger partial charge in [-0.1, -0.05) is 0 Å². The van der Waals surface area contributed by atoms with Crippen molar-refractivity contribution in [3.05, 3.63) is 0 Å². The van der Waals surface area contributed by atoms with Gasteiger partial charge < -0.3 is 15.4 Å². The van der Waals surface area contributed by atoms with Gasteiger partial charge in [-0.3, -0.25) is 4.99 Å². The Morgan fingerprint density at radius 2 is 2.12 bits per heavy atom. The normalized spacial score (nSPS) is 24.5. The number of nitrogens with zero attached hydrogens (tertiary/aromatic N) is 1. The molecular formula is C12H23N3OS. The zero-order valence-electron chi connectivity index (χ0n) is 10.8. The van der Waals surface area contributed by atoms with Crippen molar-refractivity contribution in [1.82, 2.24) is 10.6 Å². The average Bonchev–Trinajstić information content (AvgIpc) is 3.19. The lowest BCUT2D eigenvalue weighted by molar-refractivity contribution is 0.0783. The van der Waals surface area contributed by atoms with E-state index in [9.17, 15) is 0 Å². The molecule has 0 aromatic carbocycles. The molecule has 1 heterocycles. The zero-order valence-corrected chi connectivity index (χ0v) is 11.6. The van der Waals surface area contributed by atoms with Crippen LogP contribution in [-0.2, 0) is 4.74 Å². The molecule has 1 aliphatic heterocycles. The number of guanidine groups is 1. The highest BCUT2D eigenvalue weighted by atomic mass is 32.2. The van der Waals surface area contributed by atoms with Gasteiger partial charge >= 0.3 is 0 Å². The number of hydrogen-bond acceptors (Lipinski definition) is 3. The van der Waals surface area contributed by atoms with Crippen molar-refractivity contribution in [2.45, 2.75) is 36.5 Å². The van der Waals surface area contributed by atoms with Gasteiger partial charge in [0.25, 0.3) is 0 Å². The molecule has 1 saturated carbocycles. The molecule has 0 amide bonds. The van der Waals surface area contributed by atoms with E-state index in [1.54, 1.807) is 0 Å². The zero-order chi connectivity index (χ0) is 12.1. The van der Waals surface area contributed by atoms with E-state index in [0.29, 0.717) is 10.8 Å². The Labute approximate surface area is 108 Å². The Hall–Kier alpha value is -0.420. The Bertz CT molecular complexity index is 273. The third-order valence-electron chi connectivity index (χ3n) is 3.56. The van der Waals surface area contributed by atoms with Crippen LogP contribution in [0.2, 0.25) is 0 Å². The molecule has 5 heteroatoms. The van der Waals surface area contributed by atoms with Gasteiger partial charge in [0, 0.05) is 37.6 Å². The van der Waals surface area contributed by atoms with Crippen LogP contribution in [0.4, 0.5) is 0 Å². The van der Waals surface area contributed by atoms with Crippen LogP contribution in [0.25, 0.3) is 0 Å². The second kappa shape index (κ2) is 5.96. The topological polar surface area (TPSA) is 45.7 Å². The monoisotopic (exact) mass is 257 g/mol. The van der Waals surface area contributed by atoms with Gasteiger partial charge in [0.05, 0.1) is 0 Å². The highest BCUT2D eigenvalue weighted by Crippen LogP contribution is 2.32. The van der Waals surface area contributed by atoms with E-state index < -0.39 is 0 Å². The molecule has 0 aromatic heterocycles. The molecule has 1 aliphatic carbocycles. The van der Waals surface area contributed by atoms with Gasteiger partial charge in [-0.15, -0.1) is 0 Å². The number of thioether (sulfide) groups is 1. The molecule has 1 saturated heterocycles. The summed E-state index contributed by atoms with van der Waals surface area (Å²) in [7, 11) is 1.84. The fourth-order valence-electron chi connectivity index (χ4n) is 2.06. The molecule has 0 atom stereocenters. The van der Waals surface area contributed by atoms with Crippen LogP contribution in [0.1, 0.15) is 25.7 Å². The summed E-state index contributed by atoms with van der Waals surface area (Å²) in [6, 6.07) is 0.654. The molecule has 2 rings (SSSR count). The summed E-state index contributed by atoms with van der Waals surface area (Å²) >= 11 is 1.95. The SMILES string of the molecule is CN=C(NCC1(SC)CCOCC1)NC1CC1. The maximum Gasteiger partial charge on any atom is 0.191 e. The third-order valence-corrected chi connectivity index (χ3v) is 4.98. The Morgan fingerprint density at radius 1 is 1.41 bits per heavy atom. The molecular weight excluding hydrogens is 234 g/mol. The van der Waals surface area contributed by atoms with Gasteiger partial charge in [0.2, 0.25) is 0 Å². The van der Waals surface area contributed by atoms with Crippen LogP contribution in [0.3, 0.4) is 0 Å². The molecule has 0 spiro atoms. The highest BCUT2D eigenvalue weighted by Gasteiger charge is 2.32. The van der Waals surface area contributed by atoms with Gasteiger partial charge in [-0.05, 0) is 31.9 Å². The lowest BCUT2D eigenvalue weighted by Gasteiger charge is -2.36. The second-order valence-corrected chi connectivity index (χ2v) is 6.12. The molecule has 2 aliphatic rings. The highest BCUT2D eigenvalue weighted by molar-refractivity contribution is 8.00. The molecule has 2 N–H and O–H groups in total.